The molecule has 1 aromatic rings. The van der Waals surface area contributed by atoms with Crippen molar-refractivity contribution in [3.05, 3.63) is 29.1 Å². The van der Waals surface area contributed by atoms with Gasteiger partial charge in [-0.05, 0) is 50.3 Å². The fourth-order valence-electron chi connectivity index (χ4n) is 5.22. The van der Waals surface area contributed by atoms with Crippen LogP contribution in [-0.4, -0.2) is 42.2 Å². The lowest BCUT2D eigenvalue weighted by Gasteiger charge is -2.34. The van der Waals surface area contributed by atoms with Gasteiger partial charge in [0.25, 0.3) is 0 Å². The van der Waals surface area contributed by atoms with Crippen LogP contribution in [-0.2, 0) is 13.1 Å². The molecule has 0 amide bonds. The summed E-state index contributed by atoms with van der Waals surface area (Å²) in [5.74, 6) is 0. The molecule has 4 N–H and O–H groups in total. The van der Waals surface area contributed by atoms with Gasteiger partial charge in [-0.1, -0.05) is 25.7 Å². The topological polar surface area (TPSA) is 61.0 Å². The van der Waals surface area contributed by atoms with Crippen molar-refractivity contribution in [3.8, 4) is 0 Å². The maximum Gasteiger partial charge on any atom is 0.0548 e. The van der Waals surface area contributed by atoms with Crippen molar-refractivity contribution in [2.75, 3.05) is 13.1 Å². The number of aromatic nitrogens is 1. The molecule has 0 aromatic carbocycles. The Kier molecular flexibility index (Phi) is 6.77. The molecule has 2 aliphatic carbocycles. The molecular weight excluding hydrogens is 334 g/mol. The standard InChI is InChI=1S/C22H37N5/c1-16-12-17-14-25-21-8-4-2-6-19(21)23-10-11-24-20-7-3-5-9-22(20)26-15-18(13-16)27-17/h12-13,19-26H,2-11,14-15H2,1H3/t19-,20?,21-,22?/m1/s1. The van der Waals surface area contributed by atoms with E-state index in [9.17, 15) is 0 Å². The molecule has 27 heavy (non-hydrogen) atoms. The van der Waals surface area contributed by atoms with Gasteiger partial charge in [0.05, 0.1) is 11.4 Å². The summed E-state index contributed by atoms with van der Waals surface area (Å²) in [6.07, 6.45) is 10.5. The smallest absolute Gasteiger partial charge is 0.0548 e. The highest BCUT2D eigenvalue weighted by Crippen LogP contribution is 2.21. The van der Waals surface area contributed by atoms with E-state index in [-0.39, 0.29) is 0 Å². The number of aryl methyl sites for hydroxylation is 1. The van der Waals surface area contributed by atoms with E-state index in [1.807, 2.05) is 0 Å². The summed E-state index contributed by atoms with van der Waals surface area (Å²) in [6, 6.07) is 6.80. The van der Waals surface area contributed by atoms with Crippen molar-refractivity contribution in [3.63, 3.8) is 0 Å². The van der Waals surface area contributed by atoms with E-state index in [1.165, 1.54) is 68.3 Å². The molecule has 2 saturated carbocycles. The number of rotatable bonds is 0. The van der Waals surface area contributed by atoms with Crippen molar-refractivity contribution in [2.45, 2.75) is 95.5 Å². The van der Waals surface area contributed by atoms with Gasteiger partial charge in [0.1, 0.15) is 0 Å². The Morgan fingerprint density at radius 2 is 1.07 bits per heavy atom. The molecule has 3 aliphatic rings. The molecule has 4 rings (SSSR count). The summed E-state index contributed by atoms with van der Waals surface area (Å²) in [7, 11) is 0. The minimum atomic E-state index is 0.565. The molecule has 2 unspecified atom stereocenters. The Labute approximate surface area is 164 Å². The fraction of sp³-hybridized carbons (Fsp3) is 0.773. The Balaban J connectivity index is 1.51. The van der Waals surface area contributed by atoms with Crippen LogP contribution in [0.2, 0.25) is 0 Å². The molecule has 5 heteroatoms. The van der Waals surface area contributed by atoms with Crippen LogP contribution in [0.3, 0.4) is 0 Å². The van der Waals surface area contributed by atoms with Gasteiger partial charge >= 0.3 is 0 Å². The number of fused-ring (bicyclic) bond motifs is 4. The van der Waals surface area contributed by atoms with Crippen molar-refractivity contribution >= 4 is 0 Å². The van der Waals surface area contributed by atoms with Gasteiger partial charge in [-0.25, -0.2) is 0 Å². The third kappa shape index (κ3) is 5.29. The summed E-state index contributed by atoms with van der Waals surface area (Å²) in [4.78, 5) is 4.95. The van der Waals surface area contributed by atoms with E-state index in [4.69, 9.17) is 4.98 Å². The molecule has 150 valence electrons. The van der Waals surface area contributed by atoms with Crippen molar-refractivity contribution in [1.82, 2.24) is 26.3 Å². The molecule has 5 nitrogen and oxygen atoms in total. The second-order valence-electron chi connectivity index (χ2n) is 8.79. The first-order chi connectivity index (χ1) is 13.3. The maximum absolute atomic E-state index is 4.95. The zero-order valence-corrected chi connectivity index (χ0v) is 16.9. The van der Waals surface area contributed by atoms with Gasteiger partial charge in [0.2, 0.25) is 0 Å². The lowest BCUT2D eigenvalue weighted by molar-refractivity contribution is 0.266. The molecule has 1 aliphatic heterocycles. The van der Waals surface area contributed by atoms with Gasteiger partial charge in [0.15, 0.2) is 0 Å². The van der Waals surface area contributed by atoms with Crippen molar-refractivity contribution in [2.24, 2.45) is 0 Å². The highest BCUT2D eigenvalue weighted by Gasteiger charge is 2.26. The predicted molar refractivity (Wildman–Crippen MR) is 111 cm³/mol. The lowest BCUT2D eigenvalue weighted by Crippen LogP contribution is -2.53. The van der Waals surface area contributed by atoms with Gasteiger partial charge in [-0.2, -0.15) is 0 Å². The molecule has 0 spiro atoms. The van der Waals surface area contributed by atoms with Crippen LogP contribution in [0.4, 0.5) is 0 Å². The van der Waals surface area contributed by atoms with Crippen LogP contribution in [0, 0.1) is 6.92 Å². The largest absolute Gasteiger partial charge is 0.311 e. The predicted octanol–water partition coefficient (Wildman–Crippen LogP) is 2.38. The van der Waals surface area contributed by atoms with E-state index in [2.05, 4.69) is 40.3 Å². The normalized spacial score (nSPS) is 33.2. The molecule has 2 bridgehead atoms. The summed E-state index contributed by atoms with van der Waals surface area (Å²) in [6.45, 7) is 6.08. The average molecular weight is 372 g/mol. The number of hydrogen-bond donors (Lipinski definition) is 4. The zero-order chi connectivity index (χ0) is 18.5. The van der Waals surface area contributed by atoms with Gasteiger partial charge in [0, 0.05) is 50.3 Å². The molecule has 1 aromatic heterocycles. The zero-order valence-electron chi connectivity index (χ0n) is 16.9. The number of nitrogens with zero attached hydrogens (tertiary/aromatic N) is 1. The van der Waals surface area contributed by atoms with Crippen LogP contribution in [0.1, 0.15) is 68.3 Å². The molecular formula is C22H37N5. The molecule has 2 fully saturated rings. The minimum absolute atomic E-state index is 0.565. The third-order valence-electron chi connectivity index (χ3n) is 6.64. The molecule has 2 heterocycles. The maximum atomic E-state index is 4.95. The summed E-state index contributed by atoms with van der Waals surface area (Å²) < 4.78 is 0. The third-order valence-corrected chi connectivity index (χ3v) is 6.64. The van der Waals surface area contributed by atoms with E-state index >= 15 is 0 Å². The first-order valence-electron chi connectivity index (χ1n) is 11.2. The highest BCUT2D eigenvalue weighted by molar-refractivity contribution is 5.20. The Morgan fingerprint density at radius 3 is 1.52 bits per heavy atom. The summed E-state index contributed by atoms with van der Waals surface area (Å²) in [5, 5.41) is 15.3. The van der Waals surface area contributed by atoms with Crippen molar-refractivity contribution < 1.29 is 0 Å². The molecule has 0 radical (unpaired) electrons. The van der Waals surface area contributed by atoms with E-state index in [1.54, 1.807) is 0 Å². The highest BCUT2D eigenvalue weighted by atomic mass is 15.1. The first kappa shape index (κ1) is 19.3. The summed E-state index contributed by atoms with van der Waals surface area (Å²) in [5.41, 5.74) is 3.69. The monoisotopic (exact) mass is 371 g/mol. The van der Waals surface area contributed by atoms with Crippen LogP contribution >= 0.6 is 0 Å². The van der Waals surface area contributed by atoms with Crippen LogP contribution < -0.4 is 21.3 Å². The van der Waals surface area contributed by atoms with Gasteiger partial charge < -0.3 is 21.3 Å². The summed E-state index contributed by atoms with van der Waals surface area (Å²) >= 11 is 0. The number of hydrogen-bond acceptors (Lipinski definition) is 5. The van der Waals surface area contributed by atoms with Crippen LogP contribution in [0.15, 0.2) is 12.1 Å². The number of pyridine rings is 1. The van der Waals surface area contributed by atoms with Gasteiger partial charge in [-0.3, -0.25) is 4.98 Å². The Hall–Kier alpha value is -1.01. The Bertz CT molecular complexity index is 556. The second kappa shape index (κ2) is 9.46. The SMILES string of the molecule is Cc1cc2nc(c1)CN[C@@H]1CCCC[C@H]1NCCNC1CCCCC1NC2. The van der Waals surface area contributed by atoms with E-state index in [0.717, 1.165) is 26.2 Å². The second-order valence-corrected chi connectivity index (χ2v) is 8.79. The minimum Gasteiger partial charge on any atom is -0.311 e. The van der Waals surface area contributed by atoms with E-state index in [0.29, 0.717) is 24.2 Å². The fourth-order valence-corrected chi connectivity index (χ4v) is 5.22. The lowest BCUT2D eigenvalue weighted by atomic mass is 9.89. The van der Waals surface area contributed by atoms with Crippen molar-refractivity contribution in [1.29, 1.82) is 0 Å². The van der Waals surface area contributed by atoms with Crippen LogP contribution in [0.25, 0.3) is 0 Å². The average Bonchev–Trinajstić information content (AvgIpc) is 2.69. The van der Waals surface area contributed by atoms with Gasteiger partial charge in [-0.15, -0.1) is 0 Å². The Morgan fingerprint density at radius 1 is 0.667 bits per heavy atom. The van der Waals surface area contributed by atoms with E-state index < -0.39 is 0 Å². The quantitative estimate of drug-likeness (QED) is 0.564. The van der Waals surface area contributed by atoms with Crippen LogP contribution in [0.5, 0.6) is 0 Å². The molecule has 4 atom stereocenters. The molecule has 0 saturated heterocycles. The first-order valence-corrected chi connectivity index (χ1v) is 11.2. The number of nitrogens with one attached hydrogen (secondary N) is 4.